The lowest BCUT2D eigenvalue weighted by atomic mass is 9.77. The second kappa shape index (κ2) is 3.86. The van der Waals surface area contributed by atoms with Gasteiger partial charge in [0.15, 0.2) is 0 Å². The summed E-state index contributed by atoms with van der Waals surface area (Å²) in [6.07, 6.45) is -4.88. The number of hydrogen-bond acceptors (Lipinski definition) is 1. The molecule has 0 heterocycles. The van der Waals surface area contributed by atoms with Crippen LogP contribution in [0.2, 0.25) is 0 Å². The lowest BCUT2D eigenvalue weighted by Crippen LogP contribution is -2.29. The third-order valence-corrected chi connectivity index (χ3v) is 1.72. The molecule has 0 saturated heterocycles. The van der Waals surface area contributed by atoms with E-state index in [0.29, 0.717) is 0 Å². The van der Waals surface area contributed by atoms with Crippen LogP contribution >= 0.6 is 0 Å². The van der Waals surface area contributed by atoms with E-state index in [9.17, 15) is 18.0 Å². The SMILES string of the molecule is [B]C(C(=O)C(F)(F)F)c1ccccc1. The van der Waals surface area contributed by atoms with Gasteiger partial charge in [-0.15, -0.1) is 0 Å². The molecule has 14 heavy (non-hydrogen) atoms. The maximum Gasteiger partial charge on any atom is 0.449 e. The summed E-state index contributed by atoms with van der Waals surface area (Å²) in [6.45, 7) is 0. The van der Waals surface area contributed by atoms with E-state index in [1.807, 2.05) is 0 Å². The predicted octanol–water partition coefficient (Wildman–Crippen LogP) is 2.03. The molecule has 1 rings (SSSR count). The van der Waals surface area contributed by atoms with Crippen molar-refractivity contribution in [2.24, 2.45) is 0 Å². The van der Waals surface area contributed by atoms with Gasteiger partial charge in [0.05, 0.1) is 7.85 Å². The Balaban J connectivity index is 2.87. The van der Waals surface area contributed by atoms with Crippen molar-refractivity contribution in [1.82, 2.24) is 0 Å². The van der Waals surface area contributed by atoms with Crippen LogP contribution in [0.5, 0.6) is 0 Å². The molecular formula is C9H6BF3O. The van der Waals surface area contributed by atoms with Crippen molar-refractivity contribution in [3.05, 3.63) is 35.9 Å². The molecule has 0 saturated carbocycles. The Morgan fingerprint density at radius 3 is 2.14 bits per heavy atom. The van der Waals surface area contributed by atoms with Crippen LogP contribution in [-0.4, -0.2) is 19.8 Å². The number of ketones is 1. The summed E-state index contributed by atoms with van der Waals surface area (Å²) in [5.74, 6) is -3.56. The number of benzene rings is 1. The van der Waals surface area contributed by atoms with Crippen molar-refractivity contribution in [2.45, 2.75) is 12.0 Å². The molecule has 1 aromatic rings. The van der Waals surface area contributed by atoms with Gasteiger partial charge >= 0.3 is 6.18 Å². The van der Waals surface area contributed by atoms with Crippen LogP contribution < -0.4 is 0 Å². The number of hydrogen-bond donors (Lipinski definition) is 0. The molecular weight excluding hydrogens is 192 g/mol. The van der Waals surface area contributed by atoms with Gasteiger partial charge in [0.2, 0.25) is 5.78 Å². The van der Waals surface area contributed by atoms with E-state index >= 15 is 0 Å². The molecule has 0 aliphatic carbocycles. The molecule has 0 amide bonds. The molecule has 2 radical (unpaired) electrons. The number of alkyl halides is 3. The maximum absolute atomic E-state index is 12.0. The number of rotatable bonds is 2. The molecule has 1 unspecified atom stereocenters. The minimum Gasteiger partial charge on any atom is -0.290 e. The standard InChI is InChI=1S/C9H6BF3O/c10-7(8(14)9(11,12)13)6-4-2-1-3-5-6/h1-5,7H. The molecule has 0 N–H and O–H groups in total. The van der Waals surface area contributed by atoms with Gasteiger partial charge in [0, 0.05) is 5.82 Å². The van der Waals surface area contributed by atoms with Gasteiger partial charge in [-0.05, 0) is 5.56 Å². The zero-order valence-corrected chi connectivity index (χ0v) is 7.08. The number of carbonyl (C=O) groups is 1. The van der Waals surface area contributed by atoms with E-state index < -0.39 is 17.8 Å². The Hall–Kier alpha value is -1.26. The lowest BCUT2D eigenvalue weighted by molar-refractivity contribution is -0.170. The first-order valence-electron chi connectivity index (χ1n) is 3.84. The zero-order valence-electron chi connectivity index (χ0n) is 7.08. The van der Waals surface area contributed by atoms with Crippen LogP contribution in [0.25, 0.3) is 0 Å². The minimum absolute atomic E-state index is 0.162. The van der Waals surface area contributed by atoms with Crippen molar-refractivity contribution >= 4 is 13.6 Å². The number of halogens is 3. The summed E-state index contributed by atoms with van der Waals surface area (Å²) in [4.78, 5) is 10.7. The smallest absolute Gasteiger partial charge is 0.290 e. The summed E-state index contributed by atoms with van der Waals surface area (Å²) in [5.41, 5.74) is 0.162. The average Bonchev–Trinajstić information content (AvgIpc) is 2.15. The fourth-order valence-electron chi connectivity index (χ4n) is 0.988. The van der Waals surface area contributed by atoms with Crippen LogP contribution in [0.4, 0.5) is 13.2 Å². The largest absolute Gasteiger partial charge is 0.449 e. The maximum atomic E-state index is 12.0. The molecule has 0 fully saturated rings. The molecule has 72 valence electrons. The third-order valence-electron chi connectivity index (χ3n) is 1.72. The third kappa shape index (κ3) is 2.37. The molecule has 0 aromatic heterocycles. The highest BCUT2D eigenvalue weighted by molar-refractivity contribution is 6.25. The van der Waals surface area contributed by atoms with Crippen molar-refractivity contribution in [2.75, 3.05) is 0 Å². The average molecular weight is 198 g/mol. The van der Waals surface area contributed by atoms with Crippen LogP contribution in [0.3, 0.4) is 0 Å². The summed E-state index contributed by atoms with van der Waals surface area (Å²) in [7, 11) is 5.16. The van der Waals surface area contributed by atoms with Crippen LogP contribution in [-0.2, 0) is 4.79 Å². The van der Waals surface area contributed by atoms with Crippen molar-refractivity contribution in [1.29, 1.82) is 0 Å². The zero-order chi connectivity index (χ0) is 10.8. The van der Waals surface area contributed by atoms with Gasteiger partial charge in [-0.2, -0.15) is 13.2 Å². The monoisotopic (exact) mass is 198 g/mol. The Labute approximate surface area is 80.3 Å². The van der Waals surface area contributed by atoms with E-state index in [1.165, 1.54) is 24.3 Å². The lowest BCUT2D eigenvalue weighted by Gasteiger charge is -2.12. The summed E-state index contributed by atoms with van der Waals surface area (Å²) in [5, 5.41) is 0. The Morgan fingerprint density at radius 1 is 1.21 bits per heavy atom. The predicted molar refractivity (Wildman–Crippen MR) is 46.0 cm³/mol. The molecule has 1 aromatic carbocycles. The van der Waals surface area contributed by atoms with E-state index in [0.717, 1.165) is 0 Å². The second-order valence-electron chi connectivity index (χ2n) is 2.75. The molecule has 5 heteroatoms. The summed E-state index contributed by atoms with van der Waals surface area (Å²) < 4.78 is 35.9. The highest BCUT2D eigenvalue weighted by Gasteiger charge is 2.41. The van der Waals surface area contributed by atoms with Gasteiger partial charge in [-0.3, -0.25) is 4.79 Å². The van der Waals surface area contributed by atoms with Gasteiger partial charge in [0.1, 0.15) is 0 Å². The van der Waals surface area contributed by atoms with E-state index in [2.05, 4.69) is 0 Å². The molecule has 0 bridgehead atoms. The highest BCUT2D eigenvalue weighted by atomic mass is 19.4. The summed E-state index contributed by atoms with van der Waals surface area (Å²) in [6, 6.07) is 7.45. The van der Waals surface area contributed by atoms with Gasteiger partial charge in [-0.25, -0.2) is 0 Å². The quantitative estimate of drug-likeness (QED) is 0.664. The first-order chi connectivity index (χ1) is 6.43. The number of Topliss-reactive ketones (excluding diaryl/α,β-unsaturated/α-hetero) is 1. The van der Waals surface area contributed by atoms with Crippen molar-refractivity contribution in [3.63, 3.8) is 0 Å². The van der Waals surface area contributed by atoms with Crippen LogP contribution in [0.15, 0.2) is 30.3 Å². The fourth-order valence-corrected chi connectivity index (χ4v) is 0.988. The fraction of sp³-hybridized carbons (Fsp3) is 0.222. The highest BCUT2D eigenvalue weighted by Crippen LogP contribution is 2.25. The summed E-state index contributed by atoms with van der Waals surface area (Å²) >= 11 is 0. The van der Waals surface area contributed by atoms with Gasteiger partial charge in [0.25, 0.3) is 0 Å². The van der Waals surface area contributed by atoms with Crippen molar-refractivity contribution in [3.8, 4) is 0 Å². The molecule has 0 aliphatic rings. The molecule has 0 aliphatic heterocycles. The van der Waals surface area contributed by atoms with Gasteiger partial charge < -0.3 is 0 Å². The van der Waals surface area contributed by atoms with Gasteiger partial charge in [-0.1, -0.05) is 30.3 Å². The van der Waals surface area contributed by atoms with Crippen LogP contribution in [0, 0.1) is 0 Å². The molecule has 1 atom stereocenters. The van der Waals surface area contributed by atoms with Crippen LogP contribution in [0.1, 0.15) is 11.4 Å². The van der Waals surface area contributed by atoms with E-state index in [-0.39, 0.29) is 5.56 Å². The minimum atomic E-state index is -4.88. The Kier molecular flexibility index (Phi) is 2.98. The van der Waals surface area contributed by atoms with E-state index in [1.54, 1.807) is 6.07 Å². The normalized spacial score (nSPS) is 13.6. The molecule has 1 nitrogen and oxygen atoms in total. The second-order valence-corrected chi connectivity index (χ2v) is 2.75. The van der Waals surface area contributed by atoms with E-state index in [4.69, 9.17) is 7.85 Å². The molecule has 0 spiro atoms. The number of carbonyl (C=O) groups excluding carboxylic acids is 1. The first-order valence-corrected chi connectivity index (χ1v) is 3.84. The Bertz CT molecular complexity index is 321. The topological polar surface area (TPSA) is 17.1 Å². The first kappa shape index (κ1) is 10.8. The Morgan fingerprint density at radius 2 is 1.71 bits per heavy atom. The van der Waals surface area contributed by atoms with Crippen molar-refractivity contribution < 1.29 is 18.0 Å².